The van der Waals surface area contributed by atoms with Crippen molar-refractivity contribution in [2.75, 3.05) is 0 Å². The first-order valence-electron chi connectivity index (χ1n) is 13.3. The molecule has 3 heteroatoms. The van der Waals surface area contributed by atoms with Crippen LogP contribution in [-0.2, 0) is 30.7 Å². The minimum atomic E-state index is 0. The average Bonchev–Trinajstić information content (AvgIpc) is 3.68. The second kappa shape index (κ2) is 17.0. The van der Waals surface area contributed by atoms with Gasteiger partial charge in [0.2, 0.25) is 0 Å². The fraction of sp³-hybridized carbons (Fsp3) is 0.286. The Morgan fingerprint density at radius 2 is 1.71 bits per heavy atom. The summed E-state index contributed by atoms with van der Waals surface area (Å²) in [7, 11) is 0. The Hall–Kier alpha value is -1.79. The summed E-state index contributed by atoms with van der Waals surface area (Å²) < 4.78 is 3.34. The minimum absolute atomic E-state index is 0. The van der Waals surface area contributed by atoms with Crippen molar-refractivity contribution in [3.8, 4) is 0 Å². The molecule has 0 bridgehead atoms. The third kappa shape index (κ3) is 7.66. The van der Waals surface area contributed by atoms with Gasteiger partial charge in [-0.05, 0) is 36.7 Å². The van der Waals surface area contributed by atoms with Crippen molar-refractivity contribution in [1.82, 2.24) is 0 Å². The first-order valence-corrected chi connectivity index (χ1v) is 15.1. The fourth-order valence-corrected chi connectivity index (χ4v) is 6.04. The Morgan fingerprint density at radius 1 is 0.947 bits per heavy atom. The molecular weight excluding hydrogens is 583 g/mol. The van der Waals surface area contributed by atoms with Crippen LogP contribution in [0.1, 0.15) is 62.1 Å². The van der Waals surface area contributed by atoms with Gasteiger partial charge in [0.05, 0.1) is 0 Å². The van der Waals surface area contributed by atoms with E-state index in [1.807, 2.05) is 37.3 Å². The molecule has 7 rings (SSSR count). The summed E-state index contributed by atoms with van der Waals surface area (Å²) in [5.41, 5.74) is 11.0. The summed E-state index contributed by atoms with van der Waals surface area (Å²) >= 11 is 1.30. The average molecular weight is 622 g/mol. The number of benzene rings is 2. The zero-order chi connectivity index (χ0) is 25.2. The molecule has 2 aromatic carbocycles. The number of hydrogen-bond donors (Lipinski definition) is 0. The van der Waals surface area contributed by atoms with E-state index >= 15 is 0 Å². The molecule has 1 saturated carbocycles. The van der Waals surface area contributed by atoms with E-state index in [9.17, 15) is 0 Å². The van der Waals surface area contributed by atoms with Crippen LogP contribution in [0.5, 0.6) is 0 Å². The van der Waals surface area contributed by atoms with Crippen LogP contribution in [0.15, 0.2) is 102 Å². The third-order valence-electron chi connectivity index (χ3n) is 7.62. The summed E-state index contributed by atoms with van der Waals surface area (Å²) in [5, 5.41) is 0. The van der Waals surface area contributed by atoms with Gasteiger partial charge in [0.1, 0.15) is 0 Å². The van der Waals surface area contributed by atoms with Crippen LogP contribution in [0.3, 0.4) is 0 Å². The van der Waals surface area contributed by atoms with Gasteiger partial charge in [-0.25, -0.2) is 24.1 Å². The molecule has 0 aromatic heterocycles. The monoisotopic (exact) mass is 619 g/mol. The summed E-state index contributed by atoms with van der Waals surface area (Å²) in [6.45, 7) is 2.04. The fourth-order valence-electron chi connectivity index (χ4n) is 6.04. The molecule has 0 heterocycles. The molecule has 2 unspecified atom stereocenters. The predicted molar refractivity (Wildman–Crippen MR) is 166 cm³/mol. The van der Waals surface area contributed by atoms with Gasteiger partial charge in [0.25, 0.3) is 0 Å². The van der Waals surface area contributed by atoms with E-state index in [1.54, 1.807) is 27.9 Å². The van der Waals surface area contributed by atoms with Gasteiger partial charge in [-0.1, -0.05) is 79.0 Å². The van der Waals surface area contributed by atoms with Crippen molar-refractivity contribution in [1.29, 1.82) is 0 Å². The molecule has 1 fully saturated rings. The van der Waals surface area contributed by atoms with Crippen LogP contribution in [0.2, 0.25) is 0 Å². The van der Waals surface area contributed by atoms with Crippen LogP contribution in [0, 0.1) is 30.8 Å². The maximum absolute atomic E-state index is 3.34. The number of halogens is 2. The van der Waals surface area contributed by atoms with E-state index in [1.165, 1.54) is 67.5 Å². The third-order valence-corrected chi connectivity index (χ3v) is 7.62. The van der Waals surface area contributed by atoms with Gasteiger partial charge >= 0.3 is 28.4 Å². The standard InChI is InChI=1S/C21H21.C8H9.C5H5.CH2.2ClH.Zr/c1-2-8-15-14(7-1)13-20-18-11-4-3-9-16(18)17-10-5-6-12-19(17)21(15)20;1-2-8-6-4-3-5-7-8;1-2-4-5-3-1;;;;/h1-2,6-8,11-12,16-17H,3-5,9-10,13H2;2-7H,1H3;1-3H,4H2;1H2;2*1H;/q3*-1;;;;. The van der Waals surface area contributed by atoms with Gasteiger partial charge < -0.3 is 0 Å². The van der Waals surface area contributed by atoms with Crippen LogP contribution in [0.25, 0.3) is 5.57 Å². The van der Waals surface area contributed by atoms with Gasteiger partial charge in [-0.2, -0.15) is 35.8 Å². The molecule has 0 radical (unpaired) electrons. The van der Waals surface area contributed by atoms with E-state index in [2.05, 4.69) is 77.8 Å². The zero-order valence-electron chi connectivity index (χ0n) is 22.4. The van der Waals surface area contributed by atoms with Crippen molar-refractivity contribution in [2.24, 2.45) is 11.8 Å². The van der Waals surface area contributed by atoms with Crippen molar-refractivity contribution in [2.45, 2.75) is 51.9 Å². The molecule has 5 aliphatic carbocycles. The van der Waals surface area contributed by atoms with Crippen molar-refractivity contribution in [3.63, 3.8) is 0 Å². The molecule has 0 spiro atoms. The van der Waals surface area contributed by atoms with Crippen LogP contribution < -0.4 is 0 Å². The Labute approximate surface area is 258 Å². The van der Waals surface area contributed by atoms with Crippen LogP contribution >= 0.6 is 24.8 Å². The summed E-state index contributed by atoms with van der Waals surface area (Å²) in [4.78, 5) is 0. The molecule has 0 saturated heterocycles. The number of hydrogen-bond acceptors (Lipinski definition) is 0. The zero-order valence-corrected chi connectivity index (χ0v) is 26.5. The second-order valence-corrected chi connectivity index (χ2v) is 9.63. The molecule has 0 nitrogen and oxygen atoms in total. The summed E-state index contributed by atoms with van der Waals surface area (Å²) in [5.74, 6) is 1.60. The van der Waals surface area contributed by atoms with Crippen molar-refractivity contribution < 1.29 is 24.2 Å². The first kappa shape index (κ1) is 32.4. The predicted octanol–water partition coefficient (Wildman–Crippen LogP) is 9.65. The first-order chi connectivity index (χ1) is 17.9. The topological polar surface area (TPSA) is 0 Å². The van der Waals surface area contributed by atoms with E-state index in [0.717, 1.165) is 24.7 Å². The molecule has 38 heavy (non-hydrogen) atoms. The SMILES string of the molecule is C1=CC2=C3C(=C4[CH-]CCCC4C2CC1)Cc1ccccc13.C[CH-]c1ccccc1.Cl.Cl.[C-]1=CC=CC1.[CH2]=[Zr]. The van der Waals surface area contributed by atoms with E-state index in [0.29, 0.717) is 0 Å². The molecule has 2 atom stereocenters. The summed E-state index contributed by atoms with van der Waals surface area (Å²) in [6, 6.07) is 19.3. The maximum atomic E-state index is 3.34. The van der Waals surface area contributed by atoms with E-state index in [4.69, 9.17) is 0 Å². The molecular formula is C35H39Cl2Zr-3. The van der Waals surface area contributed by atoms with Crippen molar-refractivity contribution >= 4 is 34.6 Å². The molecule has 0 N–H and O–H groups in total. The number of allylic oxidation sites excluding steroid dienone is 10. The number of fused-ring (bicyclic) bond motifs is 6. The van der Waals surface area contributed by atoms with Crippen LogP contribution in [0.4, 0.5) is 0 Å². The Kier molecular flexibility index (Phi) is 14.5. The quantitative estimate of drug-likeness (QED) is 0.278. The molecule has 200 valence electrons. The van der Waals surface area contributed by atoms with Gasteiger partial charge in [-0.15, -0.1) is 49.8 Å². The number of rotatable bonds is 1. The Morgan fingerprint density at radius 3 is 2.37 bits per heavy atom. The second-order valence-electron chi connectivity index (χ2n) is 9.63. The molecule has 2 aromatic rings. The van der Waals surface area contributed by atoms with Gasteiger partial charge in [-0.3, -0.25) is 6.08 Å². The van der Waals surface area contributed by atoms with Gasteiger partial charge in [0.15, 0.2) is 0 Å². The van der Waals surface area contributed by atoms with Crippen molar-refractivity contribution in [3.05, 3.63) is 137 Å². The molecule has 0 aliphatic heterocycles. The summed E-state index contributed by atoms with van der Waals surface area (Å²) in [6.07, 6.45) is 27.4. The normalized spacial score (nSPS) is 20.5. The Balaban J connectivity index is 0.000000249. The Bertz CT molecular complexity index is 1160. The van der Waals surface area contributed by atoms with E-state index in [-0.39, 0.29) is 24.8 Å². The molecule has 0 amide bonds. The van der Waals surface area contributed by atoms with Crippen LogP contribution in [-0.4, -0.2) is 4.21 Å². The van der Waals surface area contributed by atoms with E-state index < -0.39 is 0 Å². The van der Waals surface area contributed by atoms with Gasteiger partial charge in [0, 0.05) is 0 Å². The molecule has 5 aliphatic rings.